The number of halogens is 1. The largest absolute Gasteiger partial charge is 0.463 e. The first-order valence-electron chi connectivity index (χ1n) is 17.4. The summed E-state index contributed by atoms with van der Waals surface area (Å²) in [5.41, 5.74) is 4.37. The van der Waals surface area contributed by atoms with Crippen LogP contribution in [0, 0.1) is 5.82 Å². The zero-order valence-corrected chi connectivity index (χ0v) is 30.2. The lowest BCUT2D eigenvalue weighted by Gasteiger charge is -2.26. The van der Waals surface area contributed by atoms with E-state index in [-0.39, 0.29) is 37.6 Å². The maximum absolute atomic E-state index is 14.2. The van der Waals surface area contributed by atoms with Gasteiger partial charge in [0, 0.05) is 23.5 Å². The molecule has 4 atom stereocenters. The fraction of sp³-hybridized carbons (Fsp3) is 0.368. The summed E-state index contributed by atoms with van der Waals surface area (Å²) < 4.78 is 21.2. The molecule has 3 aromatic carbocycles. The van der Waals surface area contributed by atoms with Crippen molar-refractivity contribution >= 4 is 17.6 Å². The van der Waals surface area contributed by atoms with Crippen LogP contribution in [-0.2, 0) is 25.8 Å². The van der Waals surface area contributed by atoms with E-state index in [0.717, 1.165) is 5.56 Å². The summed E-state index contributed by atoms with van der Waals surface area (Å²) in [6.45, 7) is 5.01. The van der Waals surface area contributed by atoms with Crippen LogP contribution in [0.4, 0.5) is 10.1 Å². The molecule has 1 heterocycles. The average molecular weight is 755 g/mol. The van der Waals surface area contributed by atoms with Crippen molar-refractivity contribution in [3.63, 3.8) is 0 Å². The molecule has 0 aliphatic heterocycles. The summed E-state index contributed by atoms with van der Waals surface area (Å²) in [5, 5.41) is 59.7. The van der Waals surface area contributed by atoms with Crippen molar-refractivity contribution in [3.05, 3.63) is 102 Å². The van der Waals surface area contributed by atoms with Crippen LogP contribution < -0.4 is 5.32 Å². The minimum Gasteiger partial charge on any atom is -0.463 e. The molecule has 292 valence electrons. The van der Waals surface area contributed by atoms with E-state index in [1.807, 2.05) is 66.9 Å². The van der Waals surface area contributed by atoms with Gasteiger partial charge in [-0.15, -0.1) is 0 Å². The highest BCUT2D eigenvalue weighted by Gasteiger charge is 2.32. The number of carbonyl (C=O) groups excluding carboxylic acids is 2. The number of aliphatic hydroxyl groups excluding tert-OH is 2. The molecule has 0 spiro atoms. The van der Waals surface area contributed by atoms with Crippen molar-refractivity contribution in [1.82, 2.24) is 15.3 Å². The Hall–Kier alpha value is -4.59. The Labute approximate surface area is 311 Å². The van der Waals surface area contributed by atoms with Gasteiger partial charge in [-0.2, -0.15) is 0 Å². The molecule has 7 N–H and O–H groups in total. The average Bonchev–Trinajstić information content (AvgIpc) is 3.48. The molecule has 54 heavy (non-hydrogen) atoms. The number of hydrogen-bond acceptors (Lipinski definition) is 13. The van der Waals surface area contributed by atoms with Crippen LogP contribution in [0.2, 0.25) is 0 Å². The first kappa shape index (κ1) is 42.2. The van der Waals surface area contributed by atoms with Gasteiger partial charge in [-0.1, -0.05) is 69.3 Å². The van der Waals surface area contributed by atoms with Gasteiger partial charge in [0.15, 0.2) is 0 Å². The van der Waals surface area contributed by atoms with Crippen LogP contribution in [0.3, 0.4) is 0 Å². The van der Waals surface area contributed by atoms with Gasteiger partial charge in [0.1, 0.15) is 24.6 Å². The quantitative estimate of drug-likeness (QED) is 0.0412. The SMILES string of the molecule is CCC(ON(O)O)C(COC(=O)CC(O)CC(O)CCn1c(-c2ccc(F)cc2)c(-c2ccccc2)c(C(=O)Nc2ccccc2)c1C(C)C)ON(O)O. The Balaban J connectivity index is 1.59. The van der Waals surface area contributed by atoms with Crippen LogP contribution >= 0.6 is 0 Å². The third-order valence-electron chi connectivity index (χ3n) is 8.61. The van der Waals surface area contributed by atoms with E-state index in [1.54, 1.807) is 31.2 Å². The number of para-hydroxylation sites is 1. The number of hydrogen-bond donors (Lipinski definition) is 7. The number of rotatable bonds is 20. The van der Waals surface area contributed by atoms with E-state index in [9.17, 15) is 24.2 Å². The number of benzene rings is 3. The number of carbonyl (C=O) groups is 2. The van der Waals surface area contributed by atoms with Crippen molar-refractivity contribution in [2.75, 3.05) is 11.9 Å². The van der Waals surface area contributed by atoms with Gasteiger partial charge in [-0.05, 0) is 72.7 Å². The van der Waals surface area contributed by atoms with Crippen molar-refractivity contribution in [3.8, 4) is 22.4 Å². The van der Waals surface area contributed by atoms with Crippen molar-refractivity contribution in [1.29, 1.82) is 0 Å². The Kier molecular flexibility index (Phi) is 15.8. The van der Waals surface area contributed by atoms with E-state index in [1.165, 1.54) is 12.1 Å². The first-order chi connectivity index (χ1) is 25.8. The first-order valence-corrected chi connectivity index (χ1v) is 17.4. The van der Waals surface area contributed by atoms with Gasteiger partial charge in [-0.25, -0.2) is 14.1 Å². The topological polar surface area (TPSA) is 207 Å². The highest BCUT2D eigenvalue weighted by Crippen LogP contribution is 2.42. The number of esters is 1. The molecular weight excluding hydrogens is 707 g/mol. The standard InChI is InChI=1S/C38H47FN4O11/c1-4-31(53-42(48)49)32(54-43(50)51)23-52-33(46)22-30(45)21-29(44)19-20-41-36(24(2)3)35(38(47)40-28-13-9-6-10-14-28)34(25-11-7-5-8-12-25)37(41)26-15-17-27(39)18-16-26/h5-18,24,29-32,44-45,48-51H,4,19-23H2,1-3H3,(H,40,47). The van der Waals surface area contributed by atoms with Crippen molar-refractivity contribution in [2.24, 2.45) is 0 Å². The fourth-order valence-corrected chi connectivity index (χ4v) is 6.28. The third-order valence-corrected chi connectivity index (χ3v) is 8.61. The molecule has 15 nitrogen and oxygen atoms in total. The number of aliphatic hydroxyl groups is 2. The summed E-state index contributed by atoms with van der Waals surface area (Å²) in [4.78, 5) is 36.2. The van der Waals surface area contributed by atoms with Gasteiger partial charge < -0.3 is 24.8 Å². The predicted molar refractivity (Wildman–Crippen MR) is 191 cm³/mol. The third kappa shape index (κ3) is 11.7. The molecule has 1 amide bonds. The molecule has 4 rings (SSSR count). The Morgan fingerprint density at radius 3 is 1.98 bits per heavy atom. The zero-order valence-electron chi connectivity index (χ0n) is 30.2. The van der Waals surface area contributed by atoms with E-state index >= 15 is 0 Å². The summed E-state index contributed by atoms with van der Waals surface area (Å²) in [7, 11) is 0. The molecule has 4 unspecified atom stereocenters. The smallest absolute Gasteiger partial charge is 0.308 e. The number of aromatic nitrogens is 1. The molecule has 0 saturated carbocycles. The zero-order chi connectivity index (χ0) is 39.4. The van der Waals surface area contributed by atoms with Gasteiger partial charge >= 0.3 is 5.97 Å². The second kappa shape index (κ2) is 20.2. The summed E-state index contributed by atoms with van der Waals surface area (Å²) in [6, 6.07) is 24.4. The maximum Gasteiger partial charge on any atom is 0.308 e. The van der Waals surface area contributed by atoms with Crippen LogP contribution in [0.15, 0.2) is 84.9 Å². The van der Waals surface area contributed by atoms with Crippen molar-refractivity contribution in [2.45, 2.75) is 83.3 Å². The molecule has 16 heteroatoms. The van der Waals surface area contributed by atoms with Crippen LogP contribution in [0.5, 0.6) is 0 Å². The Morgan fingerprint density at radius 1 is 0.815 bits per heavy atom. The van der Waals surface area contributed by atoms with Crippen LogP contribution in [-0.4, -0.2) is 89.3 Å². The fourth-order valence-electron chi connectivity index (χ4n) is 6.28. The van der Waals surface area contributed by atoms with Gasteiger partial charge in [-0.3, -0.25) is 30.4 Å². The molecule has 0 bridgehead atoms. The summed E-state index contributed by atoms with van der Waals surface area (Å²) >= 11 is 0. The monoisotopic (exact) mass is 754 g/mol. The van der Waals surface area contributed by atoms with Crippen LogP contribution in [0.25, 0.3) is 22.4 Å². The minimum atomic E-state index is -1.40. The molecular formula is C38H47FN4O11. The van der Waals surface area contributed by atoms with Crippen LogP contribution in [0.1, 0.15) is 68.4 Å². The lowest BCUT2D eigenvalue weighted by atomic mass is 9.94. The molecule has 0 aliphatic rings. The molecule has 4 aromatic rings. The minimum absolute atomic E-state index is 0.0668. The number of nitrogens with one attached hydrogen (secondary N) is 1. The number of anilines is 1. The van der Waals surface area contributed by atoms with E-state index in [4.69, 9.17) is 30.4 Å². The lowest BCUT2D eigenvalue weighted by molar-refractivity contribution is -0.539. The number of nitrogens with zero attached hydrogens (tertiary/aromatic N) is 3. The number of amides is 1. The molecule has 0 aliphatic carbocycles. The van der Waals surface area contributed by atoms with E-state index in [2.05, 4.69) is 10.2 Å². The van der Waals surface area contributed by atoms with E-state index in [0.29, 0.717) is 33.8 Å². The normalized spacial score (nSPS) is 13.9. The summed E-state index contributed by atoms with van der Waals surface area (Å²) in [6.07, 6.45) is -5.67. The second-order valence-corrected chi connectivity index (χ2v) is 12.9. The van der Waals surface area contributed by atoms with Gasteiger partial charge in [0.2, 0.25) is 0 Å². The Bertz CT molecular complexity index is 1770. The lowest BCUT2D eigenvalue weighted by Crippen LogP contribution is -2.42. The predicted octanol–water partition coefficient (Wildman–Crippen LogP) is 5.94. The van der Waals surface area contributed by atoms with Gasteiger partial charge in [0.05, 0.1) is 40.7 Å². The molecule has 1 aromatic heterocycles. The Morgan fingerprint density at radius 2 is 1.41 bits per heavy atom. The highest BCUT2D eigenvalue weighted by molar-refractivity contribution is 6.12. The summed E-state index contributed by atoms with van der Waals surface area (Å²) in [5.74, 6) is -1.89. The molecule has 0 fully saturated rings. The highest BCUT2D eigenvalue weighted by atomic mass is 19.1. The molecule has 0 radical (unpaired) electrons. The van der Waals surface area contributed by atoms with E-state index < -0.39 is 60.0 Å². The van der Waals surface area contributed by atoms with Gasteiger partial charge in [0.25, 0.3) is 5.91 Å². The van der Waals surface area contributed by atoms with Crippen molar-refractivity contribution < 1.29 is 59.4 Å². The maximum atomic E-state index is 14.2. The second-order valence-electron chi connectivity index (χ2n) is 12.9. The molecule has 0 saturated heterocycles. The number of ether oxygens (including phenoxy) is 1.